The molecule has 1 N–H and O–H groups in total. The van der Waals surface area contributed by atoms with E-state index in [1.807, 2.05) is 37.4 Å². The molecule has 0 spiro atoms. The Morgan fingerprint density at radius 1 is 1.15 bits per heavy atom. The largest absolute Gasteiger partial charge is 0.309 e. The highest BCUT2D eigenvalue weighted by Crippen LogP contribution is 2.31. The lowest BCUT2D eigenvalue weighted by molar-refractivity contribution is 0.604. The number of nitrogens with one attached hydrogen (secondary N) is 1. The third-order valence-corrected chi connectivity index (χ3v) is 4.17. The van der Waals surface area contributed by atoms with E-state index < -0.39 is 0 Å². The molecule has 0 aliphatic rings. The van der Waals surface area contributed by atoms with Gasteiger partial charge in [-0.25, -0.2) is 4.39 Å². The van der Waals surface area contributed by atoms with Crippen molar-refractivity contribution >= 4 is 27.5 Å². The molecule has 2 aromatic carbocycles. The Morgan fingerprint density at radius 2 is 1.75 bits per heavy atom. The highest BCUT2D eigenvalue weighted by molar-refractivity contribution is 9.10. The van der Waals surface area contributed by atoms with Crippen LogP contribution in [0.25, 0.3) is 0 Å². The minimum atomic E-state index is -0.148. The van der Waals surface area contributed by atoms with Gasteiger partial charge in [0, 0.05) is 9.50 Å². The van der Waals surface area contributed by atoms with Crippen LogP contribution in [-0.4, -0.2) is 7.05 Å². The molecule has 0 amide bonds. The predicted octanol–water partition coefficient (Wildman–Crippen LogP) is 5.17. The number of halogens is 3. The molecule has 0 saturated heterocycles. The summed E-state index contributed by atoms with van der Waals surface area (Å²) in [5.74, 6) is -0.148. The zero-order valence-electron chi connectivity index (χ0n) is 11.6. The molecular weight excluding hydrogens is 341 g/mol. The molecule has 4 heteroatoms. The summed E-state index contributed by atoms with van der Waals surface area (Å²) < 4.78 is 14.7. The summed E-state index contributed by atoms with van der Waals surface area (Å²) in [6.07, 6.45) is 0. The fraction of sp³-hybridized carbons (Fsp3) is 0.250. The minimum Gasteiger partial charge on any atom is -0.309 e. The number of aryl methyl sites for hydroxylation is 2. The topological polar surface area (TPSA) is 12.0 Å². The van der Waals surface area contributed by atoms with Crippen LogP contribution in [0.2, 0.25) is 5.02 Å². The zero-order chi connectivity index (χ0) is 14.9. The Morgan fingerprint density at radius 3 is 2.25 bits per heavy atom. The maximum Gasteiger partial charge on any atom is 0.129 e. The number of rotatable bonds is 3. The quantitative estimate of drug-likeness (QED) is 0.800. The second-order valence-electron chi connectivity index (χ2n) is 4.86. The lowest BCUT2D eigenvalue weighted by atomic mass is 9.95. The van der Waals surface area contributed by atoms with Gasteiger partial charge in [0.1, 0.15) is 5.82 Å². The van der Waals surface area contributed by atoms with Gasteiger partial charge in [-0.05, 0) is 55.3 Å². The molecule has 0 heterocycles. The Balaban J connectivity index is 2.52. The van der Waals surface area contributed by atoms with E-state index >= 15 is 0 Å². The van der Waals surface area contributed by atoms with E-state index in [0.29, 0.717) is 16.1 Å². The summed E-state index contributed by atoms with van der Waals surface area (Å²) in [4.78, 5) is 0. The number of hydrogen-bond acceptors (Lipinski definition) is 1. The Hall–Kier alpha value is -0.900. The molecule has 2 aromatic rings. The summed E-state index contributed by atoms with van der Waals surface area (Å²) in [5, 5.41) is 3.93. The van der Waals surface area contributed by atoms with Gasteiger partial charge in [-0.1, -0.05) is 45.7 Å². The van der Waals surface area contributed by atoms with Crippen molar-refractivity contribution in [1.29, 1.82) is 0 Å². The van der Waals surface area contributed by atoms with Gasteiger partial charge >= 0.3 is 0 Å². The molecule has 0 radical (unpaired) electrons. The van der Waals surface area contributed by atoms with Crippen molar-refractivity contribution in [2.45, 2.75) is 19.9 Å². The van der Waals surface area contributed by atoms with Gasteiger partial charge in [-0.3, -0.25) is 0 Å². The fourth-order valence-electron chi connectivity index (χ4n) is 2.38. The van der Waals surface area contributed by atoms with Gasteiger partial charge in [0.05, 0.1) is 6.04 Å². The zero-order valence-corrected chi connectivity index (χ0v) is 13.9. The maximum absolute atomic E-state index is 13.8. The molecule has 0 aromatic heterocycles. The van der Waals surface area contributed by atoms with Gasteiger partial charge in [-0.15, -0.1) is 0 Å². The van der Waals surface area contributed by atoms with Crippen LogP contribution in [0.15, 0.2) is 34.8 Å². The van der Waals surface area contributed by atoms with Crippen LogP contribution in [0, 0.1) is 19.7 Å². The van der Waals surface area contributed by atoms with Crippen molar-refractivity contribution in [2.24, 2.45) is 0 Å². The third kappa shape index (κ3) is 3.05. The van der Waals surface area contributed by atoms with E-state index in [2.05, 4.69) is 21.2 Å². The van der Waals surface area contributed by atoms with E-state index in [1.165, 1.54) is 0 Å². The van der Waals surface area contributed by atoms with Gasteiger partial charge in [-0.2, -0.15) is 0 Å². The van der Waals surface area contributed by atoms with Crippen LogP contribution in [0.5, 0.6) is 0 Å². The smallest absolute Gasteiger partial charge is 0.129 e. The Bertz CT molecular complexity index is 619. The summed E-state index contributed by atoms with van der Waals surface area (Å²) in [5.41, 5.74) is 3.28. The lowest BCUT2D eigenvalue weighted by Crippen LogP contribution is -2.18. The normalized spacial score (nSPS) is 12.5. The van der Waals surface area contributed by atoms with Crippen LogP contribution in [0.4, 0.5) is 4.39 Å². The van der Waals surface area contributed by atoms with E-state index in [-0.39, 0.29) is 11.9 Å². The average molecular weight is 357 g/mol. The van der Waals surface area contributed by atoms with Crippen LogP contribution >= 0.6 is 27.5 Å². The van der Waals surface area contributed by atoms with Crippen molar-refractivity contribution in [2.75, 3.05) is 7.05 Å². The molecule has 1 atom stereocenters. The highest BCUT2D eigenvalue weighted by Gasteiger charge is 2.17. The van der Waals surface area contributed by atoms with Gasteiger partial charge in [0.15, 0.2) is 0 Å². The van der Waals surface area contributed by atoms with Gasteiger partial charge in [0.25, 0.3) is 0 Å². The van der Waals surface area contributed by atoms with Crippen molar-refractivity contribution in [3.05, 3.63) is 67.9 Å². The molecule has 0 fully saturated rings. The molecule has 20 heavy (non-hydrogen) atoms. The van der Waals surface area contributed by atoms with E-state index in [0.717, 1.165) is 15.6 Å². The molecule has 1 unspecified atom stereocenters. The van der Waals surface area contributed by atoms with Crippen LogP contribution in [0.1, 0.15) is 28.3 Å². The van der Waals surface area contributed by atoms with Crippen molar-refractivity contribution < 1.29 is 4.39 Å². The van der Waals surface area contributed by atoms with E-state index in [1.54, 1.807) is 13.8 Å². The molecular formula is C16H16BrClFN. The minimum absolute atomic E-state index is 0.0615. The number of benzene rings is 2. The third-order valence-electron chi connectivity index (χ3n) is 3.35. The highest BCUT2D eigenvalue weighted by atomic mass is 79.9. The van der Waals surface area contributed by atoms with Crippen LogP contribution in [0.3, 0.4) is 0 Å². The first kappa shape index (κ1) is 15.5. The Kier molecular flexibility index (Phi) is 4.84. The molecule has 0 aliphatic carbocycles. The second kappa shape index (κ2) is 6.25. The van der Waals surface area contributed by atoms with E-state index in [9.17, 15) is 4.39 Å². The standard InChI is InChI=1S/C16H16BrClFN/c1-9-6-11(7-10(2)15(9)19)16(20-3)13-5-4-12(17)8-14(13)18/h4-8,16,20H,1-3H3. The number of hydrogen-bond donors (Lipinski definition) is 1. The predicted molar refractivity (Wildman–Crippen MR) is 85.9 cm³/mol. The first-order valence-electron chi connectivity index (χ1n) is 6.33. The molecule has 0 aliphatic heterocycles. The van der Waals surface area contributed by atoms with Crippen molar-refractivity contribution in [3.8, 4) is 0 Å². The van der Waals surface area contributed by atoms with Crippen LogP contribution in [-0.2, 0) is 0 Å². The van der Waals surface area contributed by atoms with E-state index in [4.69, 9.17) is 11.6 Å². The van der Waals surface area contributed by atoms with Gasteiger partial charge < -0.3 is 5.32 Å². The molecule has 0 bridgehead atoms. The summed E-state index contributed by atoms with van der Waals surface area (Å²) in [7, 11) is 1.87. The monoisotopic (exact) mass is 355 g/mol. The fourth-order valence-corrected chi connectivity index (χ4v) is 3.17. The van der Waals surface area contributed by atoms with Crippen molar-refractivity contribution in [3.63, 3.8) is 0 Å². The maximum atomic E-state index is 13.8. The average Bonchev–Trinajstić information content (AvgIpc) is 2.39. The SMILES string of the molecule is CNC(c1cc(C)c(F)c(C)c1)c1ccc(Br)cc1Cl. The van der Waals surface area contributed by atoms with Crippen LogP contribution < -0.4 is 5.32 Å². The summed E-state index contributed by atoms with van der Waals surface area (Å²) in [6, 6.07) is 9.46. The summed E-state index contributed by atoms with van der Waals surface area (Å²) >= 11 is 9.72. The molecule has 2 rings (SSSR count). The lowest BCUT2D eigenvalue weighted by Gasteiger charge is -2.20. The first-order chi connectivity index (χ1) is 9.43. The molecule has 0 saturated carbocycles. The van der Waals surface area contributed by atoms with Gasteiger partial charge in [0.2, 0.25) is 0 Å². The first-order valence-corrected chi connectivity index (χ1v) is 7.50. The second-order valence-corrected chi connectivity index (χ2v) is 6.18. The molecule has 106 valence electrons. The summed E-state index contributed by atoms with van der Waals surface area (Å²) in [6.45, 7) is 3.56. The van der Waals surface area contributed by atoms with Crippen molar-refractivity contribution in [1.82, 2.24) is 5.32 Å². The Labute approximate surface area is 132 Å². The molecule has 1 nitrogen and oxygen atoms in total.